The van der Waals surface area contributed by atoms with E-state index in [1.807, 2.05) is 4.90 Å². The molecule has 1 aromatic carbocycles. The fraction of sp³-hybridized carbons (Fsp3) is 0.533. The number of carboxylic acid groups (broad SMARTS) is 1. The van der Waals surface area contributed by atoms with Gasteiger partial charge in [0.25, 0.3) is 0 Å². The van der Waals surface area contributed by atoms with Crippen LogP contribution in [0, 0.1) is 0 Å². The third-order valence-corrected chi connectivity index (χ3v) is 3.66. The molecule has 0 unspecified atom stereocenters. The highest BCUT2D eigenvalue weighted by Crippen LogP contribution is 2.10. The largest absolute Gasteiger partial charge is 0.480 e. The van der Waals surface area contributed by atoms with Crippen molar-refractivity contribution in [2.75, 3.05) is 32.7 Å². The summed E-state index contributed by atoms with van der Waals surface area (Å²) in [7, 11) is 0. The van der Waals surface area contributed by atoms with Gasteiger partial charge in [-0.3, -0.25) is 14.6 Å². The molecule has 0 spiro atoms. The van der Waals surface area contributed by atoms with Gasteiger partial charge in [0.05, 0.1) is 6.54 Å². The zero-order chi connectivity index (χ0) is 13.7. The van der Waals surface area contributed by atoms with Gasteiger partial charge in [0, 0.05) is 32.7 Å². The topological polar surface area (TPSA) is 43.8 Å². The molecule has 19 heavy (non-hydrogen) atoms. The number of benzene rings is 1. The highest BCUT2D eigenvalue weighted by atomic mass is 16.4. The summed E-state index contributed by atoms with van der Waals surface area (Å²) in [6, 6.07) is 8.77. The minimum Gasteiger partial charge on any atom is -0.480 e. The van der Waals surface area contributed by atoms with Gasteiger partial charge < -0.3 is 5.11 Å². The Kier molecular flexibility index (Phi) is 4.93. The summed E-state index contributed by atoms with van der Waals surface area (Å²) in [5.74, 6) is -0.733. The normalized spacial score (nSPS) is 17.5. The highest BCUT2D eigenvalue weighted by Gasteiger charge is 2.18. The summed E-state index contributed by atoms with van der Waals surface area (Å²) in [6.07, 6.45) is 1.08. The smallest absolute Gasteiger partial charge is 0.317 e. The predicted octanol–water partition coefficient (Wildman–Crippen LogP) is 1.45. The molecule has 0 amide bonds. The van der Waals surface area contributed by atoms with Gasteiger partial charge in [0.2, 0.25) is 0 Å². The molecule has 1 aliphatic rings. The van der Waals surface area contributed by atoms with Gasteiger partial charge in [0.1, 0.15) is 0 Å². The van der Waals surface area contributed by atoms with Crippen molar-refractivity contribution in [1.82, 2.24) is 9.80 Å². The van der Waals surface area contributed by atoms with Crippen LogP contribution < -0.4 is 0 Å². The Labute approximate surface area is 114 Å². The molecule has 0 saturated carbocycles. The lowest BCUT2D eigenvalue weighted by atomic mass is 10.1. The second-order valence-electron chi connectivity index (χ2n) is 5.12. The van der Waals surface area contributed by atoms with Crippen molar-refractivity contribution in [2.45, 2.75) is 19.9 Å². The second kappa shape index (κ2) is 6.68. The van der Waals surface area contributed by atoms with E-state index in [4.69, 9.17) is 5.11 Å². The lowest BCUT2D eigenvalue weighted by Gasteiger charge is -2.33. The first-order chi connectivity index (χ1) is 9.17. The van der Waals surface area contributed by atoms with E-state index in [0.717, 1.165) is 39.1 Å². The monoisotopic (exact) mass is 262 g/mol. The molecule has 104 valence electrons. The molecular formula is C15H22N2O2. The molecule has 0 radical (unpaired) electrons. The van der Waals surface area contributed by atoms with Crippen molar-refractivity contribution in [2.24, 2.45) is 0 Å². The zero-order valence-corrected chi connectivity index (χ0v) is 11.5. The summed E-state index contributed by atoms with van der Waals surface area (Å²) < 4.78 is 0. The Hall–Kier alpha value is -1.39. The summed E-state index contributed by atoms with van der Waals surface area (Å²) in [5.41, 5.74) is 2.71. The number of aliphatic carboxylic acids is 1. The van der Waals surface area contributed by atoms with Crippen LogP contribution in [0.2, 0.25) is 0 Å². The Bertz CT molecular complexity index is 409. The Morgan fingerprint density at radius 2 is 1.58 bits per heavy atom. The van der Waals surface area contributed by atoms with E-state index in [0.29, 0.717) is 0 Å². The number of carbonyl (C=O) groups is 1. The van der Waals surface area contributed by atoms with E-state index in [1.165, 1.54) is 11.1 Å². The Morgan fingerprint density at radius 3 is 2.11 bits per heavy atom. The van der Waals surface area contributed by atoms with Gasteiger partial charge >= 0.3 is 5.97 Å². The van der Waals surface area contributed by atoms with Gasteiger partial charge in [-0.2, -0.15) is 0 Å². The van der Waals surface area contributed by atoms with E-state index in [-0.39, 0.29) is 6.54 Å². The Morgan fingerprint density at radius 1 is 1.05 bits per heavy atom. The van der Waals surface area contributed by atoms with Crippen molar-refractivity contribution in [3.05, 3.63) is 35.4 Å². The maximum atomic E-state index is 10.6. The molecule has 0 bridgehead atoms. The third kappa shape index (κ3) is 4.33. The number of hydrogen-bond donors (Lipinski definition) is 1. The quantitative estimate of drug-likeness (QED) is 0.872. The molecule has 1 aliphatic heterocycles. The van der Waals surface area contributed by atoms with E-state index >= 15 is 0 Å². The number of rotatable bonds is 5. The minimum atomic E-state index is -0.733. The molecule has 0 aliphatic carbocycles. The SMILES string of the molecule is CCc1ccc(CN2CCN(CC(=O)O)CC2)cc1. The van der Waals surface area contributed by atoms with Crippen LogP contribution in [0.25, 0.3) is 0 Å². The highest BCUT2D eigenvalue weighted by molar-refractivity contribution is 5.69. The summed E-state index contributed by atoms with van der Waals surface area (Å²) in [4.78, 5) is 15.0. The minimum absolute atomic E-state index is 0.166. The van der Waals surface area contributed by atoms with Crippen molar-refractivity contribution in [1.29, 1.82) is 0 Å². The third-order valence-electron chi connectivity index (χ3n) is 3.66. The molecule has 1 aromatic rings. The first-order valence-electron chi connectivity index (χ1n) is 6.91. The molecule has 4 nitrogen and oxygen atoms in total. The molecular weight excluding hydrogens is 240 g/mol. The lowest BCUT2D eigenvalue weighted by molar-refractivity contribution is -0.138. The molecule has 4 heteroatoms. The van der Waals surface area contributed by atoms with Crippen molar-refractivity contribution in [3.63, 3.8) is 0 Å². The first-order valence-corrected chi connectivity index (χ1v) is 6.91. The molecule has 1 N–H and O–H groups in total. The van der Waals surface area contributed by atoms with E-state index in [9.17, 15) is 4.79 Å². The van der Waals surface area contributed by atoms with Crippen LogP contribution in [0.15, 0.2) is 24.3 Å². The van der Waals surface area contributed by atoms with Gasteiger partial charge in [-0.1, -0.05) is 31.2 Å². The summed E-state index contributed by atoms with van der Waals surface area (Å²) >= 11 is 0. The maximum absolute atomic E-state index is 10.6. The number of carboxylic acids is 1. The van der Waals surface area contributed by atoms with E-state index in [1.54, 1.807) is 0 Å². The predicted molar refractivity (Wildman–Crippen MR) is 75.2 cm³/mol. The maximum Gasteiger partial charge on any atom is 0.317 e. The number of hydrogen-bond acceptors (Lipinski definition) is 3. The van der Waals surface area contributed by atoms with Crippen LogP contribution in [0.5, 0.6) is 0 Å². The summed E-state index contributed by atoms with van der Waals surface area (Å²) in [6.45, 7) is 6.88. The molecule has 0 aromatic heterocycles. The average Bonchev–Trinajstić information content (AvgIpc) is 2.41. The van der Waals surface area contributed by atoms with Crippen LogP contribution in [-0.2, 0) is 17.8 Å². The lowest BCUT2D eigenvalue weighted by Crippen LogP contribution is -2.47. The standard InChI is InChI=1S/C15H22N2O2/c1-2-13-3-5-14(6-4-13)11-16-7-9-17(10-8-16)12-15(18)19/h3-6H,2,7-12H2,1H3,(H,18,19). The van der Waals surface area contributed by atoms with Crippen LogP contribution in [0.3, 0.4) is 0 Å². The van der Waals surface area contributed by atoms with Crippen LogP contribution in [-0.4, -0.2) is 53.6 Å². The second-order valence-corrected chi connectivity index (χ2v) is 5.12. The molecule has 2 rings (SSSR count). The zero-order valence-electron chi connectivity index (χ0n) is 11.5. The molecule has 1 heterocycles. The fourth-order valence-corrected chi connectivity index (χ4v) is 2.44. The Balaban J connectivity index is 1.80. The fourth-order valence-electron chi connectivity index (χ4n) is 2.44. The average molecular weight is 262 g/mol. The number of nitrogens with zero attached hydrogens (tertiary/aromatic N) is 2. The molecule has 1 saturated heterocycles. The molecule has 0 atom stereocenters. The van der Waals surface area contributed by atoms with Gasteiger partial charge in [-0.25, -0.2) is 0 Å². The number of aryl methyl sites for hydroxylation is 1. The van der Waals surface area contributed by atoms with Gasteiger partial charge in [-0.05, 0) is 17.5 Å². The van der Waals surface area contributed by atoms with Crippen LogP contribution in [0.1, 0.15) is 18.1 Å². The van der Waals surface area contributed by atoms with E-state index in [2.05, 4.69) is 36.1 Å². The number of piperazine rings is 1. The van der Waals surface area contributed by atoms with Crippen molar-refractivity contribution >= 4 is 5.97 Å². The summed E-state index contributed by atoms with van der Waals surface area (Å²) in [5, 5.41) is 8.76. The van der Waals surface area contributed by atoms with Crippen LogP contribution in [0.4, 0.5) is 0 Å². The van der Waals surface area contributed by atoms with E-state index < -0.39 is 5.97 Å². The van der Waals surface area contributed by atoms with Gasteiger partial charge in [-0.15, -0.1) is 0 Å². The van der Waals surface area contributed by atoms with Crippen molar-refractivity contribution < 1.29 is 9.90 Å². The van der Waals surface area contributed by atoms with Crippen LogP contribution >= 0.6 is 0 Å². The van der Waals surface area contributed by atoms with Crippen molar-refractivity contribution in [3.8, 4) is 0 Å². The van der Waals surface area contributed by atoms with Gasteiger partial charge in [0.15, 0.2) is 0 Å². The first kappa shape index (κ1) is 14.0. The molecule has 1 fully saturated rings.